The zero-order valence-corrected chi connectivity index (χ0v) is 20.1. The van der Waals surface area contributed by atoms with Gasteiger partial charge in [0.05, 0.1) is 32.8 Å². The Hall–Kier alpha value is -3.92. The minimum absolute atomic E-state index is 0.0565. The van der Waals surface area contributed by atoms with Crippen molar-refractivity contribution >= 4 is 27.3 Å². The first-order valence-corrected chi connectivity index (χ1v) is 11.8. The van der Waals surface area contributed by atoms with Gasteiger partial charge in [0.2, 0.25) is 5.75 Å². The topological polar surface area (TPSA) is 112 Å². The number of anilines is 2. The van der Waals surface area contributed by atoms with Gasteiger partial charge < -0.3 is 24.3 Å². The number of amides is 1. The minimum Gasteiger partial charge on any atom is -0.494 e. The fourth-order valence-electron chi connectivity index (χ4n) is 3.16. The molecule has 0 saturated heterocycles. The van der Waals surface area contributed by atoms with Gasteiger partial charge in [0.25, 0.3) is 15.9 Å². The molecule has 0 atom stereocenters. The number of sulfonamides is 1. The second-order valence-corrected chi connectivity index (χ2v) is 8.64. The monoisotopic (exact) mass is 486 g/mol. The normalized spacial score (nSPS) is 10.8. The van der Waals surface area contributed by atoms with Crippen LogP contribution in [0.2, 0.25) is 0 Å². The van der Waals surface area contributed by atoms with Gasteiger partial charge in [0.15, 0.2) is 11.5 Å². The Bertz CT molecular complexity index is 1230. The summed E-state index contributed by atoms with van der Waals surface area (Å²) in [6, 6.07) is 15.4. The maximum Gasteiger partial charge on any atom is 0.261 e. The van der Waals surface area contributed by atoms with Gasteiger partial charge in [-0.05, 0) is 49.4 Å². The second-order valence-electron chi connectivity index (χ2n) is 6.96. The Balaban J connectivity index is 1.81. The van der Waals surface area contributed by atoms with Crippen LogP contribution in [0.1, 0.15) is 17.3 Å². The van der Waals surface area contributed by atoms with E-state index in [1.807, 2.05) is 6.92 Å². The van der Waals surface area contributed by atoms with Crippen LogP contribution in [0.4, 0.5) is 11.4 Å². The number of methoxy groups -OCH3 is 3. The molecule has 0 aromatic heterocycles. The SMILES string of the molecule is CCOc1ccc(NS(=O)(=O)c2cccc(C(=O)Nc3cc(OC)c(OC)c(OC)c3)c2)cc1. The number of benzene rings is 3. The maximum absolute atomic E-state index is 12.9. The van der Waals surface area contributed by atoms with Gasteiger partial charge in [-0.3, -0.25) is 9.52 Å². The van der Waals surface area contributed by atoms with E-state index in [1.165, 1.54) is 45.6 Å². The van der Waals surface area contributed by atoms with Crippen LogP contribution in [0.25, 0.3) is 0 Å². The lowest BCUT2D eigenvalue weighted by Crippen LogP contribution is -2.16. The molecular formula is C24H26N2O7S. The molecule has 0 aliphatic carbocycles. The molecule has 1 amide bonds. The Morgan fingerprint density at radius 1 is 0.853 bits per heavy atom. The third-order valence-corrected chi connectivity index (χ3v) is 6.13. The Morgan fingerprint density at radius 3 is 2.06 bits per heavy atom. The van der Waals surface area contributed by atoms with E-state index in [4.69, 9.17) is 18.9 Å². The molecule has 0 aliphatic rings. The molecule has 10 heteroatoms. The van der Waals surface area contributed by atoms with Crippen LogP contribution in [-0.2, 0) is 10.0 Å². The molecule has 0 bridgehead atoms. The Labute approximate surface area is 198 Å². The first-order valence-electron chi connectivity index (χ1n) is 10.3. The van der Waals surface area contributed by atoms with Crippen molar-refractivity contribution in [2.24, 2.45) is 0 Å². The molecule has 0 unspecified atom stereocenters. The quantitative estimate of drug-likeness (QED) is 0.442. The molecule has 9 nitrogen and oxygen atoms in total. The Kier molecular flexibility index (Phi) is 7.85. The van der Waals surface area contributed by atoms with Crippen molar-refractivity contribution in [1.29, 1.82) is 0 Å². The smallest absolute Gasteiger partial charge is 0.261 e. The van der Waals surface area contributed by atoms with Gasteiger partial charge in [-0.15, -0.1) is 0 Å². The number of carbonyl (C=O) groups excluding carboxylic acids is 1. The molecule has 0 spiro atoms. The summed E-state index contributed by atoms with van der Waals surface area (Å²) in [6.45, 7) is 2.37. The average molecular weight is 487 g/mol. The zero-order chi connectivity index (χ0) is 24.7. The number of hydrogen-bond acceptors (Lipinski definition) is 7. The van der Waals surface area contributed by atoms with Gasteiger partial charge in [-0.2, -0.15) is 0 Å². The summed E-state index contributed by atoms with van der Waals surface area (Å²) in [5.74, 6) is 1.25. The van der Waals surface area contributed by atoms with E-state index in [-0.39, 0.29) is 10.5 Å². The number of hydrogen-bond donors (Lipinski definition) is 2. The number of rotatable bonds is 10. The maximum atomic E-state index is 12.9. The lowest BCUT2D eigenvalue weighted by molar-refractivity contribution is 0.102. The van der Waals surface area contributed by atoms with Gasteiger partial charge in [-0.1, -0.05) is 6.07 Å². The predicted molar refractivity (Wildman–Crippen MR) is 129 cm³/mol. The van der Waals surface area contributed by atoms with Gasteiger partial charge >= 0.3 is 0 Å². The molecule has 0 aliphatic heterocycles. The second kappa shape index (κ2) is 10.8. The van der Waals surface area contributed by atoms with Crippen molar-refractivity contribution in [3.05, 3.63) is 66.2 Å². The van der Waals surface area contributed by atoms with Crippen molar-refractivity contribution in [2.45, 2.75) is 11.8 Å². The summed E-state index contributed by atoms with van der Waals surface area (Å²) in [4.78, 5) is 12.8. The molecule has 0 fully saturated rings. The lowest BCUT2D eigenvalue weighted by Gasteiger charge is -2.15. The molecule has 180 valence electrons. The highest BCUT2D eigenvalue weighted by molar-refractivity contribution is 7.92. The van der Waals surface area contributed by atoms with E-state index in [9.17, 15) is 13.2 Å². The van der Waals surface area contributed by atoms with Crippen molar-refractivity contribution in [1.82, 2.24) is 0 Å². The van der Waals surface area contributed by atoms with Crippen LogP contribution < -0.4 is 29.0 Å². The summed E-state index contributed by atoms with van der Waals surface area (Å²) in [6.07, 6.45) is 0. The fourth-order valence-corrected chi connectivity index (χ4v) is 4.27. The van der Waals surface area contributed by atoms with Crippen LogP contribution in [-0.4, -0.2) is 42.3 Å². The van der Waals surface area contributed by atoms with Crippen LogP contribution in [0.3, 0.4) is 0 Å². The van der Waals surface area contributed by atoms with E-state index in [0.29, 0.717) is 41.0 Å². The highest BCUT2D eigenvalue weighted by atomic mass is 32.2. The van der Waals surface area contributed by atoms with E-state index in [2.05, 4.69) is 10.0 Å². The first kappa shape index (κ1) is 24.7. The van der Waals surface area contributed by atoms with Crippen LogP contribution in [0, 0.1) is 0 Å². The van der Waals surface area contributed by atoms with Crippen LogP contribution in [0.15, 0.2) is 65.6 Å². The fraction of sp³-hybridized carbons (Fsp3) is 0.208. The van der Waals surface area contributed by atoms with E-state index in [1.54, 1.807) is 36.4 Å². The molecule has 0 radical (unpaired) electrons. The summed E-state index contributed by atoms with van der Waals surface area (Å²) >= 11 is 0. The molecular weight excluding hydrogens is 460 g/mol. The lowest BCUT2D eigenvalue weighted by atomic mass is 10.2. The van der Waals surface area contributed by atoms with Gasteiger partial charge in [0.1, 0.15) is 5.75 Å². The van der Waals surface area contributed by atoms with Crippen molar-refractivity contribution in [2.75, 3.05) is 38.0 Å². The van der Waals surface area contributed by atoms with Crippen molar-refractivity contribution < 1.29 is 32.2 Å². The van der Waals surface area contributed by atoms with Crippen molar-refractivity contribution in [3.8, 4) is 23.0 Å². The minimum atomic E-state index is -3.93. The van der Waals surface area contributed by atoms with E-state index in [0.717, 1.165) is 0 Å². The number of ether oxygens (including phenoxy) is 4. The molecule has 3 aromatic rings. The molecule has 3 rings (SSSR count). The molecule has 2 N–H and O–H groups in total. The molecule has 0 saturated carbocycles. The summed E-state index contributed by atoms with van der Waals surface area (Å²) in [5.41, 5.74) is 0.916. The average Bonchev–Trinajstić information content (AvgIpc) is 2.84. The van der Waals surface area contributed by atoms with E-state index < -0.39 is 15.9 Å². The third-order valence-electron chi connectivity index (χ3n) is 4.75. The zero-order valence-electron chi connectivity index (χ0n) is 19.2. The third kappa shape index (κ3) is 5.70. The summed E-state index contributed by atoms with van der Waals surface area (Å²) in [5, 5.41) is 2.72. The summed E-state index contributed by atoms with van der Waals surface area (Å²) in [7, 11) is 0.487. The Morgan fingerprint density at radius 2 is 1.50 bits per heavy atom. The largest absolute Gasteiger partial charge is 0.494 e. The van der Waals surface area contributed by atoms with Gasteiger partial charge in [-0.25, -0.2) is 8.42 Å². The van der Waals surface area contributed by atoms with E-state index >= 15 is 0 Å². The number of nitrogens with one attached hydrogen (secondary N) is 2. The number of carbonyl (C=O) groups is 1. The molecule has 3 aromatic carbocycles. The highest BCUT2D eigenvalue weighted by Crippen LogP contribution is 2.40. The summed E-state index contributed by atoms with van der Waals surface area (Å²) < 4.78 is 49.5. The van der Waals surface area contributed by atoms with Gasteiger partial charge in [0, 0.05) is 29.1 Å². The standard InChI is InChI=1S/C24H26N2O7S/c1-5-33-19-11-9-17(10-12-19)26-34(28,29)20-8-6-7-16(13-20)24(27)25-18-14-21(30-2)23(32-4)22(15-18)31-3/h6-15,26H,5H2,1-4H3,(H,25,27). The van der Waals surface area contributed by atoms with Crippen LogP contribution >= 0.6 is 0 Å². The molecule has 0 heterocycles. The van der Waals surface area contributed by atoms with Crippen molar-refractivity contribution in [3.63, 3.8) is 0 Å². The van der Waals surface area contributed by atoms with Crippen LogP contribution in [0.5, 0.6) is 23.0 Å². The molecule has 34 heavy (non-hydrogen) atoms. The highest BCUT2D eigenvalue weighted by Gasteiger charge is 2.18. The first-order chi connectivity index (χ1) is 16.3. The predicted octanol–water partition coefficient (Wildman–Crippen LogP) is 4.16.